The van der Waals surface area contributed by atoms with Gasteiger partial charge in [0.1, 0.15) is 5.76 Å². The summed E-state index contributed by atoms with van der Waals surface area (Å²) in [5.74, 6) is 0.901. The van der Waals surface area contributed by atoms with Gasteiger partial charge in [0.2, 0.25) is 0 Å². The van der Waals surface area contributed by atoms with E-state index in [1.165, 1.54) is 5.57 Å². The summed E-state index contributed by atoms with van der Waals surface area (Å²) < 4.78 is 5.35. The molecule has 3 unspecified atom stereocenters. The standard InChI is InChI=1S/C15H23N3O/c1-11(16)5-3-7-17-14-10-13(19-2)9-12-6-4-8-18-15(12)14/h4,6,8-11,14-15,17H,3,5,7,16H2,1-2H3. The van der Waals surface area contributed by atoms with Gasteiger partial charge in [0.25, 0.3) is 0 Å². The van der Waals surface area contributed by atoms with Gasteiger partial charge < -0.3 is 15.8 Å². The van der Waals surface area contributed by atoms with Crippen molar-refractivity contribution in [1.29, 1.82) is 0 Å². The van der Waals surface area contributed by atoms with Gasteiger partial charge in [0, 0.05) is 12.3 Å². The molecule has 3 atom stereocenters. The number of dihydropyridines is 1. The third-order valence-corrected chi connectivity index (χ3v) is 3.41. The van der Waals surface area contributed by atoms with Gasteiger partial charge in [-0.25, -0.2) is 0 Å². The Morgan fingerprint density at radius 2 is 2.37 bits per heavy atom. The first-order valence-corrected chi connectivity index (χ1v) is 6.87. The molecule has 0 aromatic rings. The number of nitrogens with two attached hydrogens (primary N) is 1. The van der Waals surface area contributed by atoms with E-state index in [0.717, 1.165) is 25.1 Å². The minimum Gasteiger partial charge on any atom is -0.497 e. The van der Waals surface area contributed by atoms with Gasteiger partial charge in [-0.2, -0.15) is 0 Å². The summed E-state index contributed by atoms with van der Waals surface area (Å²) in [7, 11) is 1.70. The lowest BCUT2D eigenvalue weighted by Gasteiger charge is -2.29. The number of fused-ring (bicyclic) bond motifs is 1. The molecular weight excluding hydrogens is 238 g/mol. The van der Waals surface area contributed by atoms with Gasteiger partial charge in [-0.1, -0.05) is 6.08 Å². The Morgan fingerprint density at radius 1 is 1.53 bits per heavy atom. The second kappa shape index (κ2) is 6.68. The summed E-state index contributed by atoms with van der Waals surface area (Å²) in [5, 5.41) is 3.54. The Balaban J connectivity index is 1.95. The molecule has 0 radical (unpaired) electrons. The number of aliphatic imine (C=N–C) groups is 1. The smallest absolute Gasteiger partial charge is 0.116 e. The number of hydrogen-bond donors (Lipinski definition) is 2. The number of methoxy groups -OCH3 is 1. The van der Waals surface area contributed by atoms with Gasteiger partial charge in [-0.3, -0.25) is 4.99 Å². The number of hydrogen-bond acceptors (Lipinski definition) is 4. The highest BCUT2D eigenvalue weighted by molar-refractivity contribution is 5.75. The maximum atomic E-state index is 5.76. The van der Waals surface area contributed by atoms with Crippen molar-refractivity contribution >= 4 is 6.21 Å². The van der Waals surface area contributed by atoms with E-state index < -0.39 is 0 Å². The van der Waals surface area contributed by atoms with E-state index in [4.69, 9.17) is 10.5 Å². The van der Waals surface area contributed by atoms with Crippen molar-refractivity contribution in [2.24, 2.45) is 10.7 Å². The number of ether oxygens (including phenoxy) is 1. The summed E-state index contributed by atoms with van der Waals surface area (Å²) in [5.41, 5.74) is 6.96. The van der Waals surface area contributed by atoms with Crippen LogP contribution in [0.3, 0.4) is 0 Å². The molecule has 0 saturated carbocycles. The lowest BCUT2D eigenvalue weighted by atomic mass is 9.92. The van der Waals surface area contributed by atoms with E-state index in [9.17, 15) is 0 Å². The first-order valence-electron chi connectivity index (χ1n) is 6.87. The highest BCUT2D eigenvalue weighted by atomic mass is 16.5. The van der Waals surface area contributed by atoms with Crippen LogP contribution in [0.25, 0.3) is 0 Å². The Hall–Kier alpha value is -1.39. The van der Waals surface area contributed by atoms with Crippen LogP contribution >= 0.6 is 0 Å². The molecule has 2 aliphatic rings. The normalized spacial score (nSPS) is 26.5. The zero-order chi connectivity index (χ0) is 13.7. The van der Waals surface area contributed by atoms with E-state index in [1.807, 2.05) is 19.2 Å². The fraction of sp³-hybridized carbons (Fsp3) is 0.533. The SMILES string of the molecule is COC1=CC(NCCCC(C)N)C2N=CC=CC2=C1. The topological polar surface area (TPSA) is 59.6 Å². The molecule has 0 fully saturated rings. The molecule has 1 heterocycles. The molecule has 0 bridgehead atoms. The maximum Gasteiger partial charge on any atom is 0.116 e. The largest absolute Gasteiger partial charge is 0.497 e. The van der Waals surface area contributed by atoms with Crippen molar-refractivity contribution in [1.82, 2.24) is 5.32 Å². The highest BCUT2D eigenvalue weighted by Crippen LogP contribution is 2.24. The number of nitrogens with one attached hydrogen (secondary N) is 1. The minimum atomic E-state index is 0.166. The molecule has 104 valence electrons. The molecule has 0 spiro atoms. The van der Waals surface area contributed by atoms with E-state index in [0.29, 0.717) is 0 Å². The molecule has 0 saturated heterocycles. The summed E-state index contributed by atoms with van der Waals surface area (Å²) >= 11 is 0. The van der Waals surface area contributed by atoms with Crippen LogP contribution in [0.4, 0.5) is 0 Å². The molecule has 0 aromatic heterocycles. The first kappa shape index (κ1) is 14.0. The van der Waals surface area contributed by atoms with Gasteiger partial charge in [-0.15, -0.1) is 0 Å². The molecule has 0 amide bonds. The molecule has 2 rings (SSSR count). The Kier molecular flexibility index (Phi) is 4.93. The van der Waals surface area contributed by atoms with Gasteiger partial charge >= 0.3 is 0 Å². The lowest BCUT2D eigenvalue weighted by Crippen LogP contribution is -2.41. The zero-order valence-corrected chi connectivity index (χ0v) is 11.7. The summed E-state index contributed by atoms with van der Waals surface area (Å²) in [4.78, 5) is 4.55. The molecule has 1 aliphatic carbocycles. The summed E-state index contributed by atoms with van der Waals surface area (Å²) in [6.07, 6.45) is 12.2. The minimum absolute atomic E-state index is 0.166. The van der Waals surface area contributed by atoms with E-state index in [1.54, 1.807) is 7.11 Å². The fourth-order valence-electron chi connectivity index (χ4n) is 2.39. The molecule has 19 heavy (non-hydrogen) atoms. The molecule has 4 nitrogen and oxygen atoms in total. The number of nitrogens with zero attached hydrogens (tertiary/aromatic N) is 1. The first-order chi connectivity index (χ1) is 9.20. The Bertz CT molecular complexity index is 421. The number of rotatable bonds is 6. The molecule has 1 aliphatic heterocycles. The van der Waals surface area contributed by atoms with Crippen LogP contribution in [-0.4, -0.2) is 38.0 Å². The molecular formula is C15H23N3O. The summed E-state index contributed by atoms with van der Waals surface area (Å²) in [6, 6.07) is 0.632. The average Bonchev–Trinajstić information content (AvgIpc) is 2.42. The third kappa shape index (κ3) is 3.78. The van der Waals surface area contributed by atoms with Gasteiger partial charge in [0.05, 0.1) is 19.2 Å². The van der Waals surface area contributed by atoms with E-state index in [2.05, 4.69) is 28.5 Å². The Labute approximate surface area is 115 Å². The molecule has 4 heteroatoms. The zero-order valence-electron chi connectivity index (χ0n) is 11.7. The summed E-state index contributed by atoms with van der Waals surface area (Å²) in [6.45, 7) is 2.99. The van der Waals surface area contributed by atoms with Crippen LogP contribution < -0.4 is 11.1 Å². The van der Waals surface area contributed by atoms with Crippen molar-refractivity contribution in [3.8, 4) is 0 Å². The fourth-order valence-corrected chi connectivity index (χ4v) is 2.39. The van der Waals surface area contributed by atoms with Gasteiger partial charge in [0.15, 0.2) is 0 Å². The van der Waals surface area contributed by atoms with Crippen molar-refractivity contribution in [3.05, 3.63) is 35.6 Å². The van der Waals surface area contributed by atoms with Gasteiger partial charge in [-0.05, 0) is 50.1 Å². The van der Waals surface area contributed by atoms with Crippen molar-refractivity contribution in [2.45, 2.75) is 37.9 Å². The molecule has 3 N–H and O–H groups in total. The molecule has 0 aromatic carbocycles. The van der Waals surface area contributed by atoms with Crippen molar-refractivity contribution < 1.29 is 4.74 Å². The van der Waals surface area contributed by atoms with E-state index >= 15 is 0 Å². The second-order valence-corrected chi connectivity index (χ2v) is 5.12. The van der Waals surface area contributed by atoms with Crippen molar-refractivity contribution in [3.63, 3.8) is 0 Å². The average molecular weight is 261 g/mol. The van der Waals surface area contributed by atoms with Crippen LogP contribution in [0.2, 0.25) is 0 Å². The Morgan fingerprint density at radius 3 is 3.11 bits per heavy atom. The van der Waals surface area contributed by atoms with Crippen LogP contribution in [0.15, 0.2) is 40.6 Å². The monoisotopic (exact) mass is 261 g/mol. The quantitative estimate of drug-likeness (QED) is 0.713. The predicted molar refractivity (Wildman–Crippen MR) is 79.3 cm³/mol. The predicted octanol–water partition coefficient (Wildman–Crippen LogP) is 1.55. The highest BCUT2D eigenvalue weighted by Gasteiger charge is 2.26. The lowest BCUT2D eigenvalue weighted by molar-refractivity contribution is 0.298. The van der Waals surface area contributed by atoms with Crippen LogP contribution in [0, 0.1) is 0 Å². The third-order valence-electron chi connectivity index (χ3n) is 3.41. The maximum absolute atomic E-state index is 5.76. The second-order valence-electron chi connectivity index (χ2n) is 5.12. The van der Waals surface area contributed by atoms with Crippen molar-refractivity contribution in [2.75, 3.05) is 13.7 Å². The number of allylic oxidation sites excluding steroid dienone is 2. The van der Waals surface area contributed by atoms with E-state index in [-0.39, 0.29) is 18.1 Å². The van der Waals surface area contributed by atoms with Crippen LogP contribution in [0.1, 0.15) is 19.8 Å². The van der Waals surface area contributed by atoms with Crippen LogP contribution in [-0.2, 0) is 4.74 Å². The van der Waals surface area contributed by atoms with Crippen LogP contribution in [0.5, 0.6) is 0 Å².